The van der Waals surface area contributed by atoms with Gasteiger partial charge in [-0.1, -0.05) is 20.1 Å². The van der Waals surface area contributed by atoms with Gasteiger partial charge in [-0.15, -0.1) is 0 Å². The maximum Gasteiger partial charge on any atom is 0.172 e. The lowest BCUT2D eigenvalue weighted by Crippen LogP contribution is -2.61. The standard InChI is InChI=1S/C39H57NO10/c1-19-10-25-4-6-29-20(2)11-27(43-29)8-9-39-17-33-35(49-39)36-37(48-33)38(50-39)34-30(47-36)7-5-26(46-34)14-23(41)12-22-13-28(15-24(42)18-40)45-32(22)16-31(44-25)21(19)3/h19,22,24-38,42H,2-18,40H2,1H3/t19-,22-,24?,25+,26?,27+,28?,29+,30+,31?,32+,33-,34+,35?,36+,37?,38+,39+/m1/s1. The van der Waals surface area contributed by atoms with Crippen LogP contribution in [0.1, 0.15) is 96.8 Å². The predicted molar refractivity (Wildman–Crippen MR) is 180 cm³/mol. The zero-order chi connectivity index (χ0) is 34.3. The maximum atomic E-state index is 13.8. The van der Waals surface area contributed by atoms with Gasteiger partial charge in [0.1, 0.15) is 36.3 Å². The molecule has 10 saturated heterocycles. The van der Waals surface area contributed by atoms with Crippen LogP contribution in [0.2, 0.25) is 0 Å². The van der Waals surface area contributed by atoms with Crippen molar-refractivity contribution in [3.63, 3.8) is 0 Å². The quantitative estimate of drug-likeness (QED) is 0.416. The molecule has 0 aromatic rings. The first-order chi connectivity index (χ1) is 24.1. The summed E-state index contributed by atoms with van der Waals surface area (Å²) in [6, 6.07) is 0. The summed E-state index contributed by atoms with van der Waals surface area (Å²) in [5, 5.41) is 10.4. The minimum atomic E-state index is -0.761. The highest BCUT2D eigenvalue weighted by Gasteiger charge is 2.68. The molecule has 0 radical (unpaired) electrons. The van der Waals surface area contributed by atoms with Crippen LogP contribution in [-0.2, 0) is 42.7 Å². The first-order valence-corrected chi connectivity index (χ1v) is 19.7. The lowest BCUT2D eigenvalue weighted by molar-refractivity contribution is -0.292. The van der Waals surface area contributed by atoms with E-state index in [4.69, 9.17) is 43.6 Å². The number of aliphatic hydroxyl groups excluding tert-OH is 1. The Labute approximate surface area is 295 Å². The molecule has 12 bridgehead atoms. The Kier molecular flexibility index (Phi) is 9.36. The van der Waals surface area contributed by atoms with Gasteiger partial charge in [-0.05, 0) is 74.3 Å². The van der Waals surface area contributed by atoms with Gasteiger partial charge < -0.3 is 48.7 Å². The lowest BCUT2D eigenvalue weighted by Gasteiger charge is -2.47. The summed E-state index contributed by atoms with van der Waals surface area (Å²) >= 11 is 0. The minimum absolute atomic E-state index is 0.00511. The maximum absolute atomic E-state index is 13.8. The molecule has 0 aromatic heterocycles. The molecule has 0 saturated carbocycles. The molecule has 3 N–H and O–H groups in total. The molecule has 10 aliphatic rings. The molecule has 18 atom stereocenters. The zero-order valence-electron chi connectivity index (χ0n) is 29.5. The molecule has 10 rings (SSSR count). The fourth-order valence-corrected chi connectivity index (χ4v) is 11.0. The zero-order valence-corrected chi connectivity index (χ0v) is 29.5. The van der Waals surface area contributed by atoms with Crippen LogP contribution < -0.4 is 5.73 Å². The topological polar surface area (TPSA) is 137 Å². The molecule has 1 spiro atoms. The fraction of sp³-hybridized carbons (Fsp3) is 0.872. The number of carbonyl (C=O) groups is 1. The van der Waals surface area contributed by atoms with E-state index in [1.54, 1.807) is 0 Å². The highest BCUT2D eigenvalue weighted by Crippen LogP contribution is 2.54. The van der Waals surface area contributed by atoms with Crippen molar-refractivity contribution in [3.8, 4) is 0 Å². The van der Waals surface area contributed by atoms with E-state index in [1.807, 2.05) is 0 Å². The van der Waals surface area contributed by atoms with Crippen LogP contribution >= 0.6 is 0 Å². The van der Waals surface area contributed by atoms with Gasteiger partial charge in [-0.25, -0.2) is 0 Å². The first kappa shape index (κ1) is 34.5. The molecule has 0 aromatic carbocycles. The van der Waals surface area contributed by atoms with Crippen molar-refractivity contribution in [1.82, 2.24) is 0 Å². The Hall–Kier alpha value is -1.25. The van der Waals surface area contributed by atoms with E-state index in [2.05, 4.69) is 20.1 Å². The van der Waals surface area contributed by atoms with Gasteiger partial charge >= 0.3 is 0 Å². The number of fused-ring (bicyclic) bond motifs is 6. The van der Waals surface area contributed by atoms with Gasteiger partial charge in [0.25, 0.3) is 0 Å². The second kappa shape index (κ2) is 13.6. The number of Topliss-reactive ketones (excluding diaryl/α,β-unsaturated/α-hetero) is 1. The Bertz CT molecular complexity index is 1330. The van der Waals surface area contributed by atoms with Gasteiger partial charge in [-0.2, -0.15) is 0 Å². The summed E-state index contributed by atoms with van der Waals surface area (Å²) in [4.78, 5) is 13.8. The number of ketones is 1. The molecular formula is C39H57NO10. The van der Waals surface area contributed by atoms with E-state index < -0.39 is 11.9 Å². The third-order valence-corrected chi connectivity index (χ3v) is 13.6. The predicted octanol–water partition coefficient (Wildman–Crippen LogP) is 3.81. The SMILES string of the molecule is C=C1C2C[C@@H]3OC(CC(O)CN)C[C@H]3CC(=O)CC3CC[C@@H]4O[C@@H]5C6O[C@@H]7C[C@@](CC[C@H]8CC(=C)[C@H](CC[C@@H](C[C@H]1C)O2)O8)(OC57)O[C@H]6[C@H]4O3. The summed E-state index contributed by atoms with van der Waals surface area (Å²) in [5.41, 5.74) is 8.02. The lowest BCUT2D eigenvalue weighted by atomic mass is 9.82. The Morgan fingerprint density at radius 2 is 1.52 bits per heavy atom. The number of aliphatic hydroxyl groups is 1. The van der Waals surface area contributed by atoms with E-state index in [1.165, 1.54) is 0 Å². The van der Waals surface area contributed by atoms with Crippen molar-refractivity contribution >= 4 is 5.78 Å². The third-order valence-electron chi connectivity index (χ3n) is 13.6. The molecular weight excluding hydrogens is 642 g/mol. The molecule has 6 unspecified atom stereocenters. The number of nitrogens with two attached hydrogens (primary N) is 1. The second-order valence-corrected chi connectivity index (χ2v) is 17.1. The summed E-state index contributed by atoms with van der Waals surface area (Å²) in [5.74, 6) is -0.249. The first-order valence-electron chi connectivity index (χ1n) is 19.7. The van der Waals surface area contributed by atoms with Crippen molar-refractivity contribution in [3.05, 3.63) is 24.3 Å². The van der Waals surface area contributed by atoms with Crippen LogP contribution in [0.5, 0.6) is 0 Å². The number of ether oxygens (including phenoxy) is 8. The van der Waals surface area contributed by atoms with Crippen LogP contribution in [0.4, 0.5) is 0 Å². The number of hydrogen-bond acceptors (Lipinski definition) is 11. The van der Waals surface area contributed by atoms with Crippen molar-refractivity contribution in [2.45, 2.75) is 194 Å². The van der Waals surface area contributed by atoms with Crippen LogP contribution in [0, 0.1) is 11.8 Å². The summed E-state index contributed by atoms with van der Waals surface area (Å²) in [6.07, 6.45) is 7.34. The summed E-state index contributed by atoms with van der Waals surface area (Å²) < 4.78 is 53.8. The number of rotatable bonds is 3. The molecule has 0 amide bonds. The normalized spacial score (nSPS) is 52.5. The Morgan fingerprint density at radius 1 is 0.760 bits per heavy atom. The van der Waals surface area contributed by atoms with Crippen LogP contribution in [0.25, 0.3) is 0 Å². The van der Waals surface area contributed by atoms with Crippen LogP contribution in [-0.4, -0.2) is 115 Å². The minimum Gasteiger partial charge on any atom is -0.392 e. The van der Waals surface area contributed by atoms with Gasteiger partial charge in [0.05, 0.1) is 61.0 Å². The highest BCUT2D eigenvalue weighted by atomic mass is 16.8. The van der Waals surface area contributed by atoms with E-state index >= 15 is 0 Å². The summed E-state index contributed by atoms with van der Waals surface area (Å²) in [7, 11) is 0. The molecule has 0 aliphatic carbocycles. The molecule has 11 heteroatoms. The van der Waals surface area contributed by atoms with Gasteiger partial charge in [0, 0.05) is 45.1 Å². The van der Waals surface area contributed by atoms with E-state index in [9.17, 15) is 9.90 Å². The van der Waals surface area contributed by atoms with Gasteiger partial charge in [0.15, 0.2) is 5.79 Å². The van der Waals surface area contributed by atoms with Gasteiger partial charge in [0.2, 0.25) is 0 Å². The molecule has 10 heterocycles. The average Bonchev–Trinajstić information content (AvgIpc) is 3.78. The van der Waals surface area contributed by atoms with E-state index in [0.29, 0.717) is 50.9 Å². The van der Waals surface area contributed by atoms with E-state index in [-0.39, 0.29) is 104 Å². The fourth-order valence-electron chi connectivity index (χ4n) is 11.0. The smallest absolute Gasteiger partial charge is 0.172 e. The van der Waals surface area contributed by atoms with Crippen LogP contribution in [0.15, 0.2) is 24.3 Å². The number of hydrogen-bond donors (Lipinski definition) is 2. The van der Waals surface area contributed by atoms with Crippen molar-refractivity contribution in [2.75, 3.05) is 6.54 Å². The second-order valence-electron chi connectivity index (χ2n) is 17.1. The number of carbonyl (C=O) groups excluding carboxylic acids is 1. The largest absolute Gasteiger partial charge is 0.392 e. The van der Waals surface area contributed by atoms with E-state index in [0.717, 1.165) is 56.1 Å². The average molecular weight is 700 g/mol. The molecule has 10 fully saturated rings. The van der Waals surface area contributed by atoms with Crippen molar-refractivity contribution in [1.29, 1.82) is 0 Å². The molecule has 11 nitrogen and oxygen atoms in total. The van der Waals surface area contributed by atoms with Crippen molar-refractivity contribution < 1.29 is 47.8 Å². The molecule has 50 heavy (non-hydrogen) atoms. The Morgan fingerprint density at radius 3 is 2.38 bits per heavy atom. The third kappa shape index (κ3) is 6.39. The Balaban J connectivity index is 0.974. The summed E-state index contributed by atoms with van der Waals surface area (Å²) in [6.45, 7) is 11.3. The monoisotopic (exact) mass is 699 g/mol. The van der Waals surface area contributed by atoms with Crippen LogP contribution in [0.3, 0.4) is 0 Å². The molecule has 10 aliphatic heterocycles. The van der Waals surface area contributed by atoms with Crippen molar-refractivity contribution in [2.24, 2.45) is 17.6 Å². The van der Waals surface area contributed by atoms with Gasteiger partial charge in [-0.3, -0.25) is 4.79 Å². The molecule has 278 valence electrons. The highest BCUT2D eigenvalue weighted by molar-refractivity contribution is 5.79.